The largest absolute Gasteiger partial charge is 0.477 e. The maximum atomic E-state index is 11.1. The highest BCUT2D eigenvalue weighted by atomic mass is 35.5. The summed E-state index contributed by atoms with van der Waals surface area (Å²) in [5.74, 6) is 0.367. The third-order valence-corrected chi connectivity index (χ3v) is 5.33. The highest BCUT2D eigenvalue weighted by molar-refractivity contribution is 6.36. The topological polar surface area (TPSA) is 87.5 Å². The van der Waals surface area contributed by atoms with Crippen LogP contribution in [-0.2, 0) is 16.6 Å². The Labute approximate surface area is 175 Å². The maximum Gasteiger partial charge on any atom is 0.297 e. The summed E-state index contributed by atoms with van der Waals surface area (Å²) < 4.78 is 19.4. The van der Waals surface area contributed by atoms with Crippen LogP contribution in [0.2, 0.25) is 5.02 Å². The zero-order valence-corrected chi connectivity index (χ0v) is 18.2. The van der Waals surface area contributed by atoms with Crippen molar-refractivity contribution in [1.29, 1.82) is 0 Å². The molecule has 0 unspecified atom stereocenters. The molecule has 2 aromatic rings. The zero-order valence-electron chi connectivity index (χ0n) is 17.4. The number of hydrogen-bond donors (Lipinski definition) is 1. The summed E-state index contributed by atoms with van der Waals surface area (Å²) in [6, 6.07) is 0.544. The molecule has 29 heavy (non-hydrogen) atoms. The number of fused-ring (bicyclic) bond motifs is 1. The van der Waals surface area contributed by atoms with Crippen molar-refractivity contribution in [2.24, 2.45) is 7.05 Å². The number of carbonyl (C=O) groups is 1. The lowest BCUT2D eigenvalue weighted by Gasteiger charge is -2.29. The van der Waals surface area contributed by atoms with Crippen LogP contribution in [0.5, 0.6) is 11.9 Å². The monoisotopic (exact) mass is 424 g/mol. The van der Waals surface area contributed by atoms with E-state index in [0.29, 0.717) is 35.6 Å². The van der Waals surface area contributed by atoms with Gasteiger partial charge >= 0.3 is 0 Å². The van der Waals surface area contributed by atoms with Gasteiger partial charge in [-0.05, 0) is 39.5 Å². The van der Waals surface area contributed by atoms with Gasteiger partial charge in [-0.15, -0.1) is 0 Å². The molecule has 2 heterocycles. The number of imidazole rings is 1. The molecule has 1 atom stereocenters. The van der Waals surface area contributed by atoms with Gasteiger partial charge < -0.3 is 19.5 Å². The average molecular weight is 425 g/mol. The van der Waals surface area contributed by atoms with Crippen LogP contribution in [0, 0.1) is 0 Å². The summed E-state index contributed by atoms with van der Waals surface area (Å²) in [4.78, 5) is 19.8. The Kier molecular flexibility index (Phi) is 7.18. The highest BCUT2D eigenvalue weighted by Crippen LogP contribution is 2.34. The van der Waals surface area contributed by atoms with E-state index in [1.807, 2.05) is 25.5 Å². The van der Waals surface area contributed by atoms with Crippen molar-refractivity contribution in [2.75, 3.05) is 13.2 Å². The van der Waals surface area contributed by atoms with E-state index in [2.05, 4.69) is 15.3 Å². The van der Waals surface area contributed by atoms with Crippen molar-refractivity contribution in [3.05, 3.63) is 11.2 Å². The van der Waals surface area contributed by atoms with Crippen molar-refractivity contribution in [3.63, 3.8) is 0 Å². The zero-order chi connectivity index (χ0) is 21.0. The van der Waals surface area contributed by atoms with Gasteiger partial charge in [0.05, 0.1) is 31.0 Å². The van der Waals surface area contributed by atoms with Crippen molar-refractivity contribution in [3.8, 4) is 11.9 Å². The number of nitrogens with zero attached hydrogens (tertiary/aromatic N) is 3. The van der Waals surface area contributed by atoms with Gasteiger partial charge in [0.15, 0.2) is 0 Å². The predicted molar refractivity (Wildman–Crippen MR) is 111 cm³/mol. The molecular formula is C20H29ClN4O4. The van der Waals surface area contributed by atoms with E-state index < -0.39 is 0 Å². The average Bonchev–Trinajstić information content (AvgIpc) is 2.99. The van der Waals surface area contributed by atoms with Crippen LogP contribution < -0.4 is 14.8 Å². The summed E-state index contributed by atoms with van der Waals surface area (Å²) in [6.45, 7) is 6.36. The lowest BCUT2D eigenvalue weighted by Crippen LogP contribution is -2.37. The van der Waals surface area contributed by atoms with Crippen LogP contribution in [0.1, 0.15) is 46.5 Å². The van der Waals surface area contributed by atoms with Crippen molar-refractivity contribution >= 4 is 28.5 Å². The molecule has 1 aliphatic carbocycles. The van der Waals surface area contributed by atoms with Gasteiger partial charge in [0.2, 0.25) is 11.8 Å². The molecule has 0 aliphatic heterocycles. The molecule has 1 saturated carbocycles. The molecule has 160 valence electrons. The van der Waals surface area contributed by atoms with E-state index in [-0.39, 0.29) is 24.2 Å². The number of nitrogens with one attached hydrogen (secondary N) is 1. The Morgan fingerprint density at radius 2 is 2.03 bits per heavy atom. The molecule has 3 rings (SSSR count). The Morgan fingerprint density at radius 1 is 1.34 bits per heavy atom. The van der Waals surface area contributed by atoms with Crippen LogP contribution in [0.4, 0.5) is 0 Å². The van der Waals surface area contributed by atoms with E-state index >= 15 is 0 Å². The molecule has 2 aromatic heterocycles. The van der Waals surface area contributed by atoms with Crippen LogP contribution in [0.15, 0.2) is 6.20 Å². The van der Waals surface area contributed by atoms with E-state index in [9.17, 15) is 4.79 Å². The minimum atomic E-state index is -0.0376. The van der Waals surface area contributed by atoms with Crippen LogP contribution in [-0.4, -0.2) is 51.9 Å². The van der Waals surface area contributed by atoms with Gasteiger partial charge in [-0.3, -0.25) is 9.36 Å². The first-order chi connectivity index (χ1) is 13.9. The van der Waals surface area contributed by atoms with Crippen molar-refractivity contribution in [1.82, 2.24) is 19.9 Å². The Balaban J connectivity index is 1.56. The second-order valence-corrected chi connectivity index (χ2v) is 7.83. The van der Waals surface area contributed by atoms with Crippen LogP contribution >= 0.6 is 11.6 Å². The number of aryl methyl sites for hydroxylation is 1. The molecule has 0 saturated heterocycles. The van der Waals surface area contributed by atoms with Crippen molar-refractivity contribution < 1.29 is 19.0 Å². The molecule has 8 nitrogen and oxygen atoms in total. The number of aromatic nitrogens is 3. The quantitative estimate of drug-likeness (QED) is 0.699. The number of amides is 1. The second kappa shape index (κ2) is 9.63. The van der Waals surface area contributed by atoms with Gasteiger partial charge in [-0.1, -0.05) is 11.6 Å². The smallest absolute Gasteiger partial charge is 0.297 e. The molecule has 0 spiro atoms. The number of ether oxygens (including phenoxy) is 3. The van der Waals surface area contributed by atoms with E-state index in [1.54, 1.807) is 6.20 Å². The fourth-order valence-corrected chi connectivity index (χ4v) is 3.93. The van der Waals surface area contributed by atoms with Gasteiger partial charge in [-0.2, -0.15) is 4.98 Å². The number of rotatable bonds is 8. The molecule has 0 bridgehead atoms. The minimum absolute atomic E-state index is 0.0152. The first-order valence-corrected chi connectivity index (χ1v) is 10.5. The first-order valence-electron chi connectivity index (χ1n) is 10.1. The normalized spacial score (nSPS) is 20.4. The predicted octanol–water partition coefficient (Wildman–Crippen LogP) is 3.25. The third kappa shape index (κ3) is 5.30. The van der Waals surface area contributed by atoms with E-state index in [0.717, 1.165) is 31.2 Å². The van der Waals surface area contributed by atoms with E-state index in [4.69, 9.17) is 25.8 Å². The molecule has 1 fully saturated rings. The number of hydrogen-bond acceptors (Lipinski definition) is 6. The Bertz CT molecular complexity index is 849. The Morgan fingerprint density at radius 3 is 2.69 bits per heavy atom. The summed E-state index contributed by atoms with van der Waals surface area (Å²) >= 11 is 6.45. The highest BCUT2D eigenvalue weighted by Gasteiger charge is 2.25. The summed E-state index contributed by atoms with van der Waals surface area (Å²) in [6.07, 6.45) is 5.53. The summed E-state index contributed by atoms with van der Waals surface area (Å²) in [5.41, 5.74) is 1.43. The number of carbonyl (C=O) groups excluding carboxylic acids is 1. The molecular weight excluding hydrogens is 396 g/mol. The van der Waals surface area contributed by atoms with Gasteiger partial charge in [0.1, 0.15) is 16.6 Å². The lowest BCUT2D eigenvalue weighted by molar-refractivity contribution is -0.120. The number of halogens is 1. The second-order valence-electron chi connectivity index (χ2n) is 7.45. The standard InChI is InChI=1S/C20H29ClN4O4/c1-5-27-19-17(21)18-16(10-22-19)24-20(25(18)4)29-15-8-6-14(7-9-15)28-11-12(2)23-13(3)26/h10,12,14-15H,5-9,11H2,1-4H3,(H,23,26)/t12-,14?,15?/m0/s1. The molecule has 1 amide bonds. The maximum absolute atomic E-state index is 11.1. The third-order valence-electron chi connectivity index (χ3n) is 4.99. The molecule has 0 aromatic carbocycles. The lowest BCUT2D eigenvalue weighted by atomic mass is 9.95. The van der Waals surface area contributed by atoms with Gasteiger partial charge in [0, 0.05) is 20.0 Å². The number of pyridine rings is 1. The summed E-state index contributed by atoms with van der Waals surface area (Å²) in [5, 5.41) is 3.28. The fourth-order valence-electron chi connectivity index (χ4n) is 3.60. The minimum Gasteiger partial charge on any atom is -0.477 e. The van der Waals surface area contributed by atoms with Crippen molar-refractivity contribution in [2.45, 2.75) is 64.7 Å². The Hall–Kier alpha value is -2.06. The SMILES string of the molecule is CCOc1ncc2nc(OC3CCC(OC[C@H](C)NC(C)=O)CC3)n(C)c2c1Cl. The van der Waals surface area contributed by atoms with Crippen LogP contribution in [0.3, 0.4) is 0 Å². The molecule has 0 radical (unpaired) electrons. The molecule has 9 heteroatoms. The molecule has 1 aliphatic rings. The van der Waals surface area contributed by atoms with E-state index in [1.165, 1.54) is 6.92 Å². The van der Waals surface area contributed by atoms with Gasteiger partial charge in [-0.25, -0.2) is 4.98 Å². The van der Waals surface area contributed by atoms with Gasteiger partial charge in [0.25, 0.3) is 6.01 Å². The summed E-state index contributed by atoms with van der Waals surface area (Å²) in [7, 11) is 1.88. The molecule has 1 N–H and O–H groups in total. The van der Waals surface area contributed by atoms with Crippen LogP contribution in [0.25, 0.3) is 11.0 Å². The first kappa shape index (κ1) is 21.6. The fraction of sp³-hybridized carbons (Fsp3) is 0.650.